The van der Waals surface area contributed by atoms with Gasteiger partial charge in [-0.3, -0.25) is 4.79 Å². The maximum Gasteiger partial charge on any atom is 0.311 e. The molecule has 0 unspecified atom stereocenters. The van der Waals surface area contributed by atoms with E-state index in [9.17, 15) is 4.79 Å². The van der Waals surface area contributed by atoms with Crippen molar-refractivity contribution in [2.75, 3.05) is 18.0 Å². The lowest BCUT2D eigenvalue weighted by molar-refractivity contribution is -0.159. The van der Waals surface area contributed by atoms with E-state index in [4.69, 9.17) is 4.74 Å². The molecule has 0 aliphatic carbocycles. The van der Waals surface area contributed by atoms with E-state index in [0.717, 1.165) is 25.9 Å². The van der Waals surface area contributed by atoms with Crippen molar-refractivity contribution in [1.82, 2.24) is 0 Å². The first-order valence-electron chi connectivity index (χ1n) is 6.98. The molecule has 3 nitrogen and oxygen atoms in total. The summed E-state index contributed by atoms with van der Waals surface area (Å²) in [7, 11) is 0. The highest BCUT2D eigenvalue weighted by Crippen LogP contribution is 2.23. The predicted molar refractivity (Wildman–Crippen MR) is 77.2 cm³/mol. The lowest BCUT2D eigenvalue weighted by atomic mass is 9.97. The largest absolute Gasteiger partial charge is 0.462 e. The van der Waals surface area contributed by atoms with Gasteiger partial charge in [-0.15, -0.1) is 0 Å². The minimum absolute atomic E-state index is 0.0756. The minimum Gasteiger partial charge on any atom is -0.462 e. The van der Waals surface area contributed by atoms with Crippen molar-refractivity contribution in [3.05, 3.63) is 30.3 Å². The first kappa shape index (κ1) is 13.9. The number of esters is 1. The average Bonchev–Trinajstić information content (AvgIpc) is 2.39. The van der Waals surface area contributed by atoms with E-state index in [1.165, 1.54) is 5.69 Å². The highest BCUT2D eigenvalue weighted by atomic mass is 16.5. The van der Waals surface area contributed by atoms with Crippen LogP contribution in [0.15, 0.2) is 30.3 Å². The molecule has 1 fully saturated rings. The molecular formula is C16H23NO2. The summed E-state index contributed by atoms with van der Waals surface area (Å²) in [6.07, 6.45) is 1.90. The van der Waals surface area contributed by atoms with E-state index >= 15 is 0 Å². The second-order valence-electron chi connectivity index (χ2n) is 6.18. The van der Waals surface area contributed by atoms with Crippen molar-refractivity contribution in [1.29, 1.82) is 0 Å². The molecule has 104 valence electrons. The number of hydrogen-bond donors (Lipinski definition) is 0. The van der Waals surface area contributed by atoms with Gasteiger partial charge in [-0.05, 0) is 32.9 Å². The molecule has 1 aromatic rings. The Kier molecular flexibility index (Phi) is 4.13. The van der Waals surface area contributed by atoms with Crippen LogP contribution in [0.5, 0.6) is 0 Å². The van der Waals surface area contributed by atoms with Gasteiger partial charge in [-0.25, -0.2) is 0 Å². The molecule has 0 spiro atoms. The Hall–Kier alpha value is -1.51. The van der Waals surface area contributed by atoms with Gasteiger partial charge >= 0.3 is 5.97 Å². The Morgan fingerprint density at radius 3 is 2.26 bits per heavy atom. The molecule has 19 heavy (non-hydrogen) atoms. The smallest absolute Gasteiger partial charge is 0.311 e. The topological polar surface area (TPSA) is 29.5 Å². The Balaban J connectivity index is 1.85. The number of para-hydroxylation sites is 1. The number of carbonyl (C=O) groups is 1. The fourth-order valence-corrected chi connectivity index (χ4v) is 2.20. The number of rotatable bonds is 2. The van der Waals surface area contributed by atoms with Gasteiger partial charge in [-0.2, -0.15) is 0 Å². The van der Waals surface area contributed by atoms with Crippen molar-refractivity contribution < 1.29 is 9.53 Å². The quantitative estimate of drug-likeness (QED) is 0.765. The van der Waals surface area contributed by atoms with Crippen LogP contribution in [-0.4, -0.2) is 25.2 Å². The fourth-order valence-electron chi connectivity index (χ4n) is 2.20. The van der Waals surface area contributed by atoms with Gasteiger partial charge in [-0.1, -0.05) is 18.2 Å². The number of carbonyl (C=O) groups excluding carboxylic acids is 1. The Morgan fingerprint density at radius 1 is 1.16 bits per heavy atom. The number of benzene rings is 1. The summed E-state index contributed by atoms with van der Waals surface area (Å²) in [5.41, 5.74) is 0.847. The molecule has 0 bridgehead atoms. The van der Waals surface area contributed by atoms with Gasteiger partial charge in [0.1, 0.15) is 6.10 Å². The zero-order valence-corrected chi connectivity index (χ0v) is 12.1. The van der Waals surface area contributed by atoms with E-state index in [1.54, 1.807) is 0 Å². The average molecular weight is 261 g/mol. The first-order chi connectivity index (χ1) is 8.97. The third-order valence-electron chi connectivity index (χ3n) is 3.45. The molecule has 3 heteroatoms. The number of hydrogen-bond acceptors (Lipinski definition) is 3. The fraction of sp³-hybridized carbons (Fsp3) is 0.562. The van der Waals surface area contributed by atoms with Crippen LogP contribution < -0.4 is 4.90 Å². The molecule has 0 atom stereocenters. The van der Waals surface area contributed by atoms with Crippen LogP contribution in [0.25, 0.3) is 0 Å². The van der Waals surface area contributed by atoms with E-state index in [0.29, 0.717) is 0 Å². The van der Waals surface area contributed by atoms with Crippen molar-refractivity contribution in [2.45, 2.75) is 39.7 Å². The summed E-state index contributed by atoms with van der Waals surface area (Å²) in [5.74, 6) is -0.0920. The number of ether oxygens (including phenoxy) is 1. The maximum absolute atomic E-state index is 11.8. The minimum atomic E-state index is -0.406. The van der Waals surface area contributed by atoms with Gasteiger partial charge in [0.15, 0.2) is 0 Å². The van der Waals surface area contributed by atoms with Gasteiger partial charge in [0, 0.05) is 31.6 Å². The third-order valence-corrected chi connectivity index (χ3v) is 3.45. The van der Waals surface area contributed by atoms with Crippen LogP contribution >= 0.6 is 0 Å². The molecule has 0 saturated carbocycles. The van der Waals surface area contributed by atoms with Crippen molar-refractivity contribution in [3.8, 4) is 0 Å². The predicted octanol–water partition coefficient (Wildman–Crippen LogP) is 3.24. The number of nitrogens with zero attached hydrogens (tertiary/aromatic N) is 1. The van der Waals surface area contributed by atoms with Crippen LogP contribution in [0.3, 0.4) is 0 Å². The Labute approximate surface area is 115 Å². The van der Waals surface area contributed by atoms with E-state index in [-0.39, 0.29) is 12.1 Å². The summed E-state index contributed by atoms with van der Waals surface area (Å²) in [5, 5.41) is 0. The van der Waals surface area contributed by atoms with Crippen LogP contribution in [0, 0.1) is 5.41 Å². The lowest BCUT2D eigenvalue weighted by Crippen LogP contribution is -2.39. The normalized spacial score (nSPS) is 17.3. The molecule has 1 aliphatic rings. The highest BCUT2D eigenvalue weighted by Gasteiger charge is 2.28. The van der Waals surface area contributed by atoms with E-state index < -0.39 is 5.41 Å². The lowest BCUT2D eigenvalue weighted by Gasteiger charge is -2.34. The second kappa shape index (κ2) is 5.64. The van der Waals surface area contributed by atoms with Crippen LogP contribution in [0.2, 0.25) is 0 Å². The van der Waals surface area contributed by atoms with Crippen LogP contribution in [0.1, 0.15) is 33.6 Å². The molecule has 1 saturated heterocycles. The molecule has 1 heterocycles. The molecule has 0 N–H and O–H groups in total. The van der Waals surface area contributed by atoms with E-state index in [2.05, 4.69) is 29.2 Å². The van der Waals surface area contributed by atoms with Crippen molar-refractivity contribution >= 4 is 11.7 Å². The monoisotopic (exact) mass is 261 g/mol. The number of piperidine rings is 1. The standard InChI is InChI=1S/C16H23NO2/c1-16(2,3)15(18)19-14-9-11-17(12-10-14)13-7-5-4-6-8-13/h4-8,14H,9-12H2,1-3H3. The zero-order valence-electron chi connectivity index (χ0n) is 12.1. The summed E-state index contributed by atoms with van der Waals surface area (Å²) in [6, 6.07) is 10.4. The highest BCUT2D eigenvalue weighted by molar-refractivity contribution is 5.75. The Morgan fingerprint density at radius 2 is 1.74 bits per heavy atom. The van der Waals surface area contributed by atoms with Gasteiger partial charge < -0.3 is 9.64 Å². The van der Waals surface area contributed by atoms with Crippen molar-refractivity contribution in [2.24, 2.45) is 5.41 Å². The van der Waals surface area contributed by atoms with E-state index in [1.807, 2.05) is 26.8 Å². The van der Waals surface area contributed by atoms with Gasteiger partial charge in [0.05, 0.1) is 5.41 Å². The maximum atomic E-state index is 11.8. The zero-order chi connectivity index (χ0) is 13.9. The van der Waals surface area contributed by atoms with Gasteiger partial charge in [0.25, 0.3) is 0 Å². The second-order valence-corrected chi connectivity index (χ2v) is 6.18. The SMILES string of the molecule is CC(C)(C)C(=O)OC1CCN(c2ccccc2)CC1. The molecule has 0 amide bonds. The molecule has 1 aromatic carbocycles. The molecular weight excluding hydrogens is 238 g/mol. The molecule has 0 aromatic heterocycles. The van der Waals surface area contributed by atoms with Crippen LogP contribution in [0.4, 0.5) is 5.69 Å². The molecule has 0 radical (unpaired) electrons. The first-order valence-corrected chi connectivity index (χ1v) is 6.98. The molecule has 1 aliphatic heterocycles. The van der Waals surface area contributed by atoms with Crippen LogP contribution in [-0.2, 0) is 9.53 Å². The van der Waals surface area contributed by atoms with Gasteiger partial charge in [0.2, 0.25) is 0 Å². The summed E-state index contributed by atoms with van der Waals surface area (Å²) in [4.78, 5) is 14.2. The Bertz CT molecular complexity index is 414. The molecule has 2 rings (SSSR count). The summed E-state index contributed by atoms with van der Waals surface area (Å²) >= 11 is 0. The summed E-state index contributed by atoms with van der Waals surface area (Å²) < 4.78 is 5.57. The number of anilines is 1. The third kappa shape index (κ3) is 3.72. The van der Waals surface area contributed by atoms with Crippen molar-refractivity contribution in [3.63, 3.8) is 0 Å². The summed E-state index contributed by atoms with van der Waals surface area (Å²) in [6.45, 7) is 7.59.